The summed E-state index contributed by atoms with van der Waals surface area (Å²) < 4.78 is 26.8. The third-order valence-corrected chi connectivity index (χ3v) is 4.78. The molecule has 1 aromatic carbocycles. The van der Waals surface area contributed by atoms with Gasteiger partial charge in [-0.15, -0.1) is 11.3 Å². The molecule has 0 bridgehead atoms. The average molecular weight is 381 g/mol. The van der Waals surface area contributed by atoms with Crippen LogP contribution < -0.4 is 10.6 Å². The lowest BCUT2D eigenvalue weighted by atomic mass is 9.93. The molecule has 2 rings (SSSR count). The third-order valence-electron chi connectivity index (χ3n) is 3.87. The van der Waals surface area contributed by atoms with Gasteiger partial charge in [0.15, 0.2) is 5.96 Å². The van der Waals surface area contributed by atoms with E-state index in [-0.39, 0.29) is 5.41 Å². The van der Waals surface area contributed by atoms with Crippen LogP contribution in [0, 0.1) is 11.6 Å². The van der Waals surface area contributed by atoms with Crippen molar-refractivity contribution in [1.82, 2.24) is 15.6 Å². The van der Waals surface area contributed by atoms with Crippen molar-refractivity contribution in [3.8, 4) is 0 Å². The quantitative estimate of drug-likeness (QED) is 0.594. The molecular weight excluding hydrogens is 354 g/mol. The van der Waals surface area contributed by atoms with Crippen LogP contribution in [0.5, 0.6) is 0 Å². The average Bonchev–Trinajstić information content (AvgIpc) is 3.05. The highest BCUT2D eigenvalue weighted by molar-refractivity contribution is 7.09. The van der Waals surface area contributed by atoms with E-state index < -0.39 is 11.6 Å². The van der Waals surface area contributed by atoms with Crippen LogP contribution >= 0.6 is 11.3 Å². The molecule has 0 atom stereocenters. The Hall–Kier alpha value is -2.02. The smallest absolute Gasteiger partial charge is 0.191 e. The van der Waals surface area contributed by atoms with Crippen LogP contribution in [0.25, 0.3) is 0 Å². The second-order valence-electron chi connectivity index (χ2n) is 7.04. The summed E-state index contributed by atoms with van der Waals surface area (Å²) in [6.45, 7) is 7.61. The third kappa shape index (κ3) is 6.05. The van der Waals surface area contributed by atoms with E-state index in [1.807, 2.05) is 0 Å². The minimum Gasteiger partial charge on any atom is -0.356 e. The molecule has 0 saturated carbocycles. The van der Waals surface area contributed by atoms with E-state index in [0.717, 1.165) is 29.3 Å². The number of hydrogen-bond acceptors (Lipinski definition) is 3. The molecule has 0 saturated heterocycles. The van der Waals surface area contributed by atoms with E-state index in [1.165, 1.54) is 6.07 Å². The molecule has 0 fully saturated rings. The zero-order chi connectivity index (χ0) is 19.2. The van der Waals surface area contributed by atoms with Gasteiger partial charge < -0.3 is 10.6 Å². The van der Waals surface area contributed by atoms with Crippen LogP contribution in [-0.4, -0.2) is 31.1 Å². The lowest BCUT2D eigenvalue weighted by Crippen LogP contribution is -2.39. The summed E-state index contributed by atoms with van der Waals surface area (Å²) in [5, 5.41) is 9.52. The Morgan fingerprint density at radius 1 is 1.15 bits per heavy atom. The standard InChI is InChI=1S/C19H26F2N4S/c1-19(2,3)16-12-26-17(25-16)8-10-24-18(22-4)23-9-7-13-11-14(20)5-6-15(13)21/h5-6,11-12H,7-10H2,1-4H3,(H2,22,23,24). The number of rotatable bonds is 6. The lowest BCUT2D eigenvalue weighted by molar-refractivity contribution is 0.570. The number of thiazole rings is 1. The monoisotopic (exact) mass is 380 g/mol. The number of guanidine groups is 1. The predicted molar refractivity (Wildman–Crippen MR) is 104 cm³/mol. The van der Waals surface area contributed by atoms with Gasteiger partial charge in [-0.05, 0) is 30.2 Å². The zero-order valence-electron chi connectivity index (χ0n) is 15.7. The number of aromatic nitrogens is 1. The van der Waals surface area contributed by atoms with Crippen LogP contribution in [0.4, 0.5) is 8.78 Å². The van der Waals surface area contributed by atoms with Gasteiger partial charge >= 0.3 is 0 Å². The van der Waals surface area contributed by atoms with Crippen LogP contribution in [-0.2, 0) is 18.3 Å². The van der Waals surface area contributed by atoms with E-state index in [4.69, 9.17) is 0 Å². The maximum Gasteiger partial charge on any atom is 0.191 e. The molecule has 0 aliphatic heterocycles. The van der Waals surface area contributed by atoms with Gasteiger partial charge in [-0.1, -0.05) is 20.8 Å². The number of halogens is 2. The van der Waals surface area contributed by atoms with Gasteiger partial charge in [0.1, 0.15) is 11.6 Å². The summed E-state index contributed by atoms with van der Waals surface area (Å²) in [6, 6.07) is 3.50. The minimum absolute atomic E-state index is 0.0615. The number of aliphatic imine (C=N–C) groups is 1. The second kappa shape index (κ2) is 9.07. The van der Waals surface area contributed by atoms with Gasteiger partial charge in [0.25, 0.3) is 0 Å². The Morgan fingerprint density at radius 2 is 1.85 bits per heavy atom. The maximum atomic E-state index is 13.6. The van der Waals surface area contributed by atoms with Crippen molar-refractivity contribution in [1.29, 1.82) is 0 Å². The minimum atomic E-state index is -0.429. The Kier molecular flexibility index (Phi) is 7.08. The Bertz CT molecular complexity index is 750. The summed E-state index contributed by atoms with van der Waals surface area (Å²) in [4.78, 5) is 8.81. The van der Waals surface area contributed by atoms with E-state index in [2.05, 4.69) is 46.8 Å². The molecule has 1 heterocycles. The highest BCUT2D eigenvalue weighted by Crippen LogP contribution is 2.23. The van der Waals surface area contributed by atoms with Gasteiger partial charge in [-0.3, -0.25) is 4.99 Å². The van der Waals surface area contributed by atoms with Crippen LogP contribution in [0.1, 0.15) is 37.0 Å². The van der Waals surface area contributed by atoms with Crippen LogP contribution in [0.2, 0.25) is 0 Å². The van der Waals surface area contributed by atoms with Crippen molar-refractivity contribution >= 4 is 17.3 Å². The number of hydrogen-bond donors (Lipinski definition) is 2. The summed E-state index contributed by atoms with van der Waals surface area (Å²) in [5.41, 5.74) is 1.52. The first kappa shape index (κ1) is 20.3. The van der Waals surface area contributed by atoms with Gasteiger partial charge in [0.2, 0.25) is 0 Å². The van der Waals surface area contributed by atoms with Gasteiger partial charge in [-0.25, -0.2) is 13.8 Å². The molecule has 4 nitrogen and oxygen atoms in total. The summed E-state index contributed by atoms with van der Waals surface area (Å²) in [7, 11) is 1.68. The van der Waals surface area contributed by atoms with Gasteiger partial charge in [0, 0.05) is 37.4 Å². The molecule has 2 aromatic rings. The highest BCUT2D eigenvalue weighted by atomic mass is 32.1. The predicted octanol–water partition coefficient (Wildman–Crippen LogP) is 3.67. The lowest BCUT2D eigenvalue weighted by Gasteiger charge is -2.14. The van der Waals surface area contributed by atoms with E-state index in [0.29, 0.717) is 31.0 Å². The number of benzene rings is 1. The highest BCUT2D eigenvalue weighted by Gasteiger charge is 2.17. The molecule has 0 amide bonds. The molecule has 0 spiro atoms. The Labute approximate surface area is 157 Å². The number of nitrogens with one attached hydrogen (secondary N) is 2. The SMILES string of the molecule is CN=C(NCCc1nc(C(C)(C)C)cs1)NCCc1cc(F)ccc1F. The van der Waals surface area contributed by atoms with Crippen molar-refractivity contribution in [2.75, 3.05) is 20.1 Å². The summed E-state index contributed by atoms with van der Waals surface area (Å²) in [6.07, 6.45) is 1.19. The van der Waals surface area contributed by atoms with Crippen molar-refractivity contribution in [2.24, 2.45) is 4.99 Å². The largest absolute Gasteiger partial charge is 0.356 e. The first-order valence-corrected chi connectivity index (χ1v) is 9.51. The zero-order valence-corrected chi connectivity index (χ0v) is 16.5. The maximum absolute atomic E-state index is 13.6. The van der Waals surface area contributed by atoms with Crippen molar-refractivity contribution < 1.29 is 8.78 Å². The first-order chi connectivity index (χ1) is 12.3. The molecule has 142 valence electrons. The molecule has 0 unspecified atom stereocenters. The molecule has 1 aromatic heterocycles. The fourth-order valence-electron chi connectivity index (χ4n) is 2.33. The molecule has 26 heavy (non-hydrogen) atoms. The van der Waals surface area contributed by atoms with Crippen molar-refractivity contribution in [2.45, 2.75) is 39.0 Å². The van der Waals surface area contributed by atoms with Gasteiger partial charge in [0.05, 0.1) is 10.7 Å². The number of nitrogens with zero attached hydrogens (tertiary/aromatic N) is 2. The van der Waals surface area contributed by atoms with E-state index >= 15 is 0 Å². The molecular formula is C19H26F2N4S. The topological polar surface area (TPSA) is 49.3 Å². The first-order valence-electron chi connectivity index (χ1n) is 8.63. The van der Waals surface area contributed by atoms with Crippen LogP contribution in [0.3, 0.4) is 0 Å². The molecule has 0 radical (unpaired) electrons. The fraction of sp³-hybridized carbons (Fsp3) is 0.474. The van der Waals surface area contributed by atoms with Crippen molar-refractivity contribution in [3.05, 3.63) is 51.5 Å². The van der Waals surface area contributed by atoms with Gasteiger partial charge in [-0.2, -0.15) is 0 Å². The summed E-state index contributed by atoms with van der Waals surface area (Å²) >= 11 is 1.67. The van der Waals surface area contributed by atoms with E-state index in [1.54, 1.807) is 18.4 Å². The fourth-order valence-corrected chi connectivity index (χ4v) is 3.35. The Balaban J connectivity index is 1.76. The molecule has 7 heteroatoms. The molecule has 0 aliphatic carbocycles. The van der Waals surface area contributed by atoms with Crippen LogP contribution in [0.15, 0.2) is 28.6 Å². The molecule has 0 aliphatic rings. The Morgan fingerprint density at radius 3 is 2.46 bits per heavy atom. The second-order valence-corrected chi connectivity index (χ2v) is 7.98. The summed E-state index contributed by atoms with van der Waals surface area (Å²) in [5.74, 6) is -0.189. The van der Waals surface area contributed by atoms with Crippen molar-refractivity contribution in [3.63, 3.8) is 0 Å². The van der Waals surface area contributed by atoms with E-state index in [9.17, 15) is 8.78 Å². The normalized spacial score (nSPS) is 12.3. The molecule has 2 N–H and O–H groups in total.